The van der Waals surface area contributed by atoms with E-state index in [-0.39, 0.29) is 17.9 Å². The largest absolute Gasteiger partial charge is 0.326 e. The number of carbonyl (C=O) groups is 2. The second kappa shape index (κ2) is 10.4. The molecule has 2 aliphatic rings. The van der Waals surface area contributed by atoms with E-state index in [1.54, 1.807) is 28.9 Å². The summed E-state index contributed by atoms with van der Waals surface area (Å²) in [6, 6.07) is 13.3. The summed E-state index contributed by atoms with van der Waals surface area (Å²) in [5.41, 5.74) is 6.59. The first-order valence-electron chi connectivity index (χ1n) is 12.7. The van der Waals surface area contributed by atoms with Crippen LogP contribution in [-0.4, -0.2) is 37.5 Å². The zero-order valence-electron chi connectivity index (χ0n) is 21.1. The Kier molecular flexibility index (Phi) is 6.76. The highest BCUT2D eigenvalue weighted by Gasteiger charge is 2.34. The molecule has 0 fully saturated rings. The molecule has 11 heteroatoms. The average Bonchev–Trinajstić information content (AvgIpc) is 3.48. The summed E-state index contributed by atoms with van der Waals surface area (Å²) in [6.07, 6.45) is 4.37. The standard InChI is InChI=1S/C28H25ClN6O3S/c1-15-32-33-26-21(14-23(36)30-19-12-8-17(9-13-19)27(37)34-38)31-25(16-6-10-18(29)11-7-16)24-20-4-2-3-5-22(20)39-28(24)35(15)26/h6-13,21,38H,2-5,14H2,1H3,(H,30,36)(H,34,37)/t21-/m0/s1. The van der Waals surface area contributed by atoms with Gasteiger partial charge in [-0.05, 0) is 74.6 Å². The van der Waals surface area contributed by atoms with Gasteiger partial charge in [-0.3, -0.25) is 24.4 Å². The van der Waals surface area contributed by atoms with Crippen molar-refractivity contribution >= 4 is 46.2 Å². The summed E-state index contributed by atoms with van der Waals surface area (Å²) in [5.74, 6) is 0.500. The fourth-order valence-electron chi connectivity index (χ4n) is 5.20. The first-order valence-corrected chi connectivity index (χ1v) is 13.9. The minimum Gasteiger partial charge on any atom is -0.326 e. The number of hydroxylamine groups is 1. The van der Waals surface area contributed by atoms with Gasteiger partial charge in [0.25, 0.3) is 5.91 Å². The second-order valence-electron chi connectivity index (χ2n) is 9.60. The molecule has 0 saturated carbocycles. The predicted octanol–water partition coefficient (Wildman–Crippen LogP) is 5.21. The van der Waals surface area contributed by atoms with Crippen molar-refractivity contribution in [3.05, 3.63) is 92.3 Å². The number of thiophene rings is 1. The Hall–Kier alpha value is -3.86. The molecule has 0 unspecified atom stereocenters. The number of hydrogen-bond donors (Lipinski definition) is 3. The summed E-state index contributed by atoms with van der Waals surface area (Å²) >= 11 is 7.98. The van der Waals surface area contributed by atoms with Crippen LogP contribution in [0.3, 0.4) is 0 Å². The van der Waals surface area contributed by atoms with Crippen LogP contribution in [0, 0.1) is 6.92 Å². The third-order valence-electron chi connectivity index (χ3n) is 7.05. The number of halogens is 1. The molecule has 3 heterocycles. The Morgan fingerprint density at radius 1 is 1.08 bits per heavy atom. The van der Waals surface area contributed by atoms with E-state index < -0.39 is 11.9 Å². The lowest BCUT2D eigenvalue weighted by Crippen LogP contribution is -2.19. The third kappa shape index (κ3) is 4.75. The van der Waals surface area contributed by atoms with E-state index in [1.165, 1.54) is 29.0 Å². The van der Waals surface area contributed by atoms with Gasteiger partial charge in [-0.2, -0.15) is 0 Å². The summed E-state index contributed by atoms with van der Waals surface area (Å²) in [6.45, 7) is 1.92. The van der Waals surface area contributed by atoms with Gasteiger partial charge in [-0.25, -0.2) is 5.48 Å². The van der Waals surface area contributed by atoms with Gasteiger partial charge >= 0.3 is 0 Å². The van der Waals surface area contributed by atoms with Crippen molar-refractivity contribution in [2.75, 3.05) is 5.32 Å². The summed E-state index contributed by atoms with van der Waals surface area (Å²) in [4.78, 5) is 31.4. The van der Waals surface area contributed by atoms with Gasteiger partial charge in [0.15, 0.2) is 5.82 Å². The van der Waals surface area contributed by atoms with Crippen LogP contribution in [0.4, 0.5) is 5.69 Å². The van der Waals surface area contributed by atoms with Gasteiger partial charge in [0.2, 0.25) is 5.91 Å². The summed E-state index contributed by atoms with van der Waals surface area (Å²) < 4.78 is 2.06. The van der Waals surface area contributed by atoms with E-state index in [4.69, 9.17) is 21.8 Å². The monoisotopic (exact) mass is 560 g/mol. The molecule has 0 spiro atoms. The fourth-order valence-corrected chi connectivity index (χ4v) is 6.77. The zero-order valence-corrected chi connectivity index (χ0v) is 22.6. The smallest absolute Gasteiger partial charge is 0.274 e. The van der Waals surface area contributed by atoms with Crippen LogP contribution in [0.15, 0.2) is 53.5 Å². The van der Waals surface area contributed by atoms with Crippen molar-refractivity contribution in [2.24, 2.45) is 4.99 Å². The van der Waals surface area contributed by atoms with E-state index in [0.29, 0.717) is 16.5 Å². The van der Waals surface area contributed by atoms with Crippen molar-refractivity contribution in [1.82, 2.24) is 20.2 Å². The molecule has 1 aliphatic carbocycles. The van der Waals surface area contributed by atoms with Gasteiger partial charge in [0.05, 0.1) is 12.1 Å². The highest BCUT2D eigenvalue weighted by atomic mass is 35.5. The van der Waals surface area contributed by atoms with Crippen molar-refractivity contribution in [2.45, 2.75) is 45.1 Å². The van der Waals surface area contributed by atoms with Crippen molar-refractivity contribution in [1.29, 1.82) is 0 Å². The SMILES string of the molecule is Cc1nnc2n1-c1sc3c(c1C(c1ccc(Cl)cc1)=N[C@H]2CC(=O)Nc1ccc(C(=O)NO)cc1)CCCC3. The third-order valence-corrected chi connectivity index (χ3v) is 8.58. The van der Waals surface area contributed by atoms with Crippen molar-refractivity contribution in [3.63, 3.8) is 0 Å². The molecular formula is C28H25ClN6O3S. The van der Waals surface area contributed by atoms with Gasteiger partial charge in [0, 0.05) is 32.3 Å². The number of hydrogen-bond acceptors (Lipinski definition) is 7. The number of benzene rings is 2. The molecule has 6 rings (SSSR count). The molecule has 9 nitrogen and oxygen atoms in total. The maximum absolute atomic E-state index is 13.2. The quantitative estimate of drug-likeness (QED) is 0.228. The zero-order chi connectivity index (χ0) is 27.1. The Morgan fingerprint density at radius 3 is 2.56 bits per heavy atom. The number of nitrogens with one attached hydrogen (secondary N) is 2. The Balaban J connectivity index is 1.40. The van der Waals surface area contributed by atoms with Gasteiger partial charge < -0.3 is 5.32 Å². The molecule has 198 valence electrons. The molecule has 0 radical (unpaired) electrons. The molecule has 0 bridgehead atoms. The van der Waals surface area contributed by atoms with E-state index in [9.17, 15) is 9.59 Å². The van der Waals surface area contributed by atoms with Gasteiger partial charge in [0.1, 0.15) is 16.9 Å². The first kappa shape index (κ1) is 25.4. The lowest BCUT2D eigenvalue weighted by molar-refractivity contribution is -0.116. The second-order valence-corrected chi connectivity index (χ2v) is 11.1. The molecule has 0 saturated heterocycles. The lowest BCUT2D eigenvalue weighted by atomic mass is 9.91. The van der Waals surface area contributed by atoms with Crippen LogP contribution in [0.2, 0.25) is 5.02 Å². The number of rotatable bonds is 5. The Bertz CT molecular complexity index is 1610. The number of amides is 2. The lowest BCUT2D eigenvalue weighted by Gasteiger charge is -2.16. The van der Waals surface area contributed by atoms with Crippen LogP contribution >= 0.6 is 22.9 Å². The van der Waals surface area contributed by atoms with Gasteiger partial charge in [-0.1, -0.05) is 23.7 Å². The fraction of sp³-hybridized carbons (Fsp3) is 0.250. The molecule has 2 aromatic carbocycles. The number of fused-ring (bicyclic) bond motifs is 5. The maximum Gasteiger partial charge on any atom is 0.274 e. The molecular weight excluding hydrogens is 536 g/mol. The molecule has 2 aromatic heterocycles. The molecule has 4 aromatic rings. The average molecular weight is 561 g/mol. The summed E-state index contributed by atoms with van der Waals surface area (Å²) in [7, 11) is 0. The van der Waals surface area contributed by atoms with Crippen LogP contribution in [0.5, 0.6) is 0 Å². The number of aliphatic imine (C=N–C) groups is 1. The van der Waals surface area contributed by atoms with Crippen molar-refractivity contribution in [3.8, 4) is 5.00 Å². The van der Waals surface area contributed by atoms with E-state index in [0.717, 1.165) is 46.9 Å². The predicted molar refractivity (Wildman–Crippen MR) is 149 cm³/mol. The minimum atomic E-state index is -0.625. The van der Waals surface area contributed by atoms with E-state index in [2.05, 4.69) is 20.1 Å². The molecule has 2 amide bonds. The summed E-state index contributed by atoms with van der Waals surface area (Å²) in [5, 5.41) is 22.3. The van der Waals surface area contributed by atoms with Crippen LogP contribution in [0.25, 0.3) is 5.00 Å². The highest BCUT2D eigenvalue weighted by Crippen LogP contribution is 2.42. The minimum absolute atomic E-state index is 0.0469. The van der Waals surface area contributed by atoms with E-state index in [1.807, 2.05) is 31.2 Å². The Morgan fingerprint density at radius 2 is 1.82 bits per heavy atom. The van der Waals surface area contributed by atoms with Gasteiger partial charge in [-0.15, -0.1) is 21.5 Å². The van der Waals surface area contributed by atoms with Crippen LogP contribution in [0.1, 0.15) is 68.9 Å². The van der Waals surface area contributed by atoms with E-state index >= 15 is 0 Å². The first-order chi connectivity index (χ1) is 18.9. The molecule has 3 N–H and O–H groups in total. The number of nitrogens with zero attached hydrogens (tertiary/aromatic N) is 4. The maximum atomic E-state index is 13.2. The molecule has 1 atom stereocenters. The highest BCUT2D eigenvalue weighted by molar-refractivity contribution is 7.15. The Labute approximate surface area is 233 Å². The molecule has 1 aliphatic heterocycles. The number of aryl methyl sites for hydroxylation is 2. The van der Waals surface area contributed by atoms with Crippen LogP contribution in [-0.2, 0) is 17.6 Å². The topological polar surface area (TPSA) is 122 Å². The van der Waals surface area contributed by atoms with Crippen LogP contribution < -0.4 is 10.8 Å². The number of aromatic nitrogens is 3. The normalized spacial score (nSPS) is 15.9. The van der Waals surface area contributed by atoms with Crippen molar-refractivity contribution < 1.29 is 14.8 Å². The molecule has 39 heavy (non-hydrogen) atoms. The number of anilines is 1. The number of carbonyl (C=O) groups excluding carboxylic acids is 2.